The number of ether oxygens (including phenoxy) is 1. The molecule has 1 saturated heterocycles. The molecule has 5 heteroatoms. The molecule has 0 unspecified atom stereocenters. The third kappa shape index (κ3) is 3.62. The number of likely N-dealkylation sites (tertiary alicyclic amines) is 1. The highest BCUT2D eigenvalue weighted by atomic mass is 16.5. The first-order valence-corrected chi connectivity index (χ1v) is 6.98. The minimum Gasteiger partial charge on any atom is -0.489 e. The maximum Gasteiger partial charge on any atom is 0.308 e. The van der Waals surface area contributed by atoms with Crippen LogP contribution in [0.15, 0.2) is 36.9 Å². The molecular formula is C16H19NO4. The van der Waals surface area contributed by atoms with Crippen molar-refractivity contribution in [3.05, 3.63) is 42.5 Å². The SMILES string of the molecule is C=CCOc1ccccc1C(=O)N1CCC[C@@H](C(=O)O)C1. The fourth-order valence-corrected chi connectivity index (χ4v) is 2.45. The number of hydrogen-bond acceptors (Lipinski definition) is 3. The molecule has 1 aliphatic rings. The summed E-state index contributed by atoms with van der Waals surface area (Å²) in [4.78, 5) is 25.3. The second-order valence-electron chi connectivity index (χ2n) is 5.02. The average molecular weight is 289 g/mol. The van der Waals surface area contributed by atoms with Crippen molar-refractivity contribution in [2.24, 2.45) is 5.92 Å². The molecule has 0 radical (unpaired) electrons. The largest absolute Gasteiger partial charge is 0.489 e. The van der Waals surface area contributed by atoms with Gasteiger partial charge in [-0.3, -0.25) is 9.59 Å². The summed E-state index contributed by atoms with van der Waals surface area (Å²) in [5.41, 5.74) is 0.463. The molecule has 1 fully saturated rings. The van der Waals surface area contributed by atoms with Gasteiger partial charge in [0.15, 0.2) is 0 Å². The summed E-state index contributed by atoms with van der Waals surface area (Å²) in [6, 6.07) is 7.00. The highest BCUT2D eigenvalue weighted by Gasteiger charge is 2.29. The molecule has 1 N–H and O–H groups in total. The van der Waals surface area contributed by atoms with Crippen molar-refractivity contribution in [1.29, 1.82) is 0 Å². The minimum atomic E-state index is -0.844. The topological polar surface area (TPSA) is 66.8 Å². The Morgan fingerprint density at radius 1 is 1.43 bits per heavy atom. The predicted octanol–water partition coefficient (Wildman–Crippen LogP) is 2.19. The van der Waals surface area contributed by atoms with Crippen LogP contribution in [0, 0.1) is 5.92 Å². The van der Waals surface area contributed by atoms with Crippen molar-refractivity contribution in [3.8, 4) is 5.75 Å². The van der Waals surface area contributed by atoms with Crippen molar-refractivity contribution in [2.45, 2.75) is 12.8 Å². The van der Waals surface area contributed by atoms with Crippen LogP contribution in [0.4, 0.5) is 0 Å². The van der Waals surface area contributed by atoms with E-state index in [2.05, 4.69) is 6.58 Å². The van der Waals surface area contributed by atoms with Gasteiger partial charge in [0.25, 0.3) is 5.91 Å². The van der Waals surface area contributed by atoms with Crippen LogP contribution in [0.1, 0.15) is 23.2 Å². The van der Waals surface area contributed by atoms with E-state index < -0.39 is 11.9 Å². The number of aliphatic carboxylic acids is 1. The summed E-state index contributed by atoms with van der Waals surface area (Å²) in [7, 11) is 0. The Bertz CT molecular complexity index is 541. The van der Waals surface area contributed by atoms with E-state index in [1.807, 2.05) is 0 Å². The molecule has 1 heterocycles. The summed E-state index contributed by atoms with van der Waals surface area (Å²) in [6.45, 7) is 4.74. The first-order valence-electron chi connectivity index (χ1n) is 6.98. The number of carbonyl (C=O) groups excluding carboxylic acids is 1. The Morgan fingerprint density at radius 2 is 2.19 bits per heavy atom. The molecule has 1 atom stereocenters. The van der Waals surface area contributed by atoms with Crippen LogP contribution in [0.25, 0.3) is 0 Å². The van der Waals surface area contributed by atoms with Gasteiger partial charge in [-0.15, -0.1) is 0 Å². The maximum atomic E-state index is 12.6. The van der Waals surface area contributed by atoms with Gasteiger partial charge in [0.1, 0.15) is 12.4 Å². The molecule has 112 valence electrons. The lowest BCUT2D eigenvalue weighted by atomic mass is 9.97. The number of para-hydroxylation sites is 1. The monoisotopic (exact) mass is 289 g/mol. The number of benzene rings is 1. The van der Waals surface area contributed by atoms with Gasteiger partial charge in [0.05, 0.1) is 11.5 Å². The molecule has 0 bridgehead atoms. The van der Waals surface area contributed by atoms with Crippen LogP contribution >= 0.6 is 0 Å². The number of hydrogen-bond donors (Lipinski definition) is 1. The molecule has 1 aromatic carbocycles. The van der Waals surface area contributed by atoms with E-state index in [1.54, 1.807) is 35.2 Å². The molecule has 1 aliphatic heterocycles. The zero-order valence-electron chi connectivity index (χ0n) is 11.8. The number of carboxylic acids is 1. The number of amides is 1. The predicted molar refractivity (Wildman–Crippen MR) is 78.4 cm³/mol. The van der Waals surface area contributed by atoms with E-state index in [4.69, 9.17) is 9.84 Å². The normalized spacial score (nSPS) is 18.1. The maximum absolute atomic E-state index is 12.6. The summed E-state index contributed by atoms with van der Waals surface area (Å²) in [6.07, 6.45) is 2.94. The Kier molecular flexibility index (Phi) is 4.98. The number of carboxylic acid groups (broad SMARTS) is 1. The van der Waals surface area contributed by atoms with Crippen LogP contribution in [-0.4, -0.2) is 41.6 Å². The second kappa shape index (κ2) is 6.92. The van der Waals surface area contributed by atoms with E-state index in [1.165, 1.54) is 0 Å². The van der Waals surface area contributed by atoms with E-state index in [9.17, 15) is 9.59 Å². The molecule has 1 amide bonds. The third-order valence-corrected chi connectivity index (χ3v) is 3.53. The van der Waals surface area contributed by atoms with Gasteiger partial charge in [-0.2, -0.15) is 0 Å². The summed E-state index contributed by atoms with van der Waals surface area (Å²) >= 11 is 0. The minimum absolute atomic E-state index is 0.180. The van der Waals surface area contributed by atoms with E-state index >= 15 is 0 Å². The molecule has 1 aromatic rings. The van der Waals surface area contributed by atoms with Crippen LogP contribution in [0.2, 0.25) is 0 Å². The Morgan fingerprint density at radius 3 is 2.90 bits per heavy atom. The van der Waals surface area contributed by atoms with Gasteiger partial charge in [0.2, 0.25) is 0 Å². The van der Waals surface area contributed by atoms with E-state index in [0.717, 1.165) is 0 Å². The molecule has 21 heavy (non-hydrogen) atoms. The standard InChI is InChI=1S/C16H19NO4/c1-2-10-21-14-8-4-3-7-13(14)15(18)17-9-5-6-12(11-17)16(19)20/h2-4,7-8,12H,1,5-6,9-11H2,(H,19,20)/t12-/m1/s1. The second-order valence-corrected chi connectivity index (χ2v) is 5.02. The van der Waals surface area contributed by atoms with Gasteiger partial charge in [-0.1, -0.05) is 24.8 Å². The highest BCUT2D eigenvalue weighted by molar-refractivity contribution is 5.97. The van der Waals surface area contributed by atoms with Crippen LogP contribution in [-0.2, 0) is 4.79 Å². The first kappa shape index (κ1) is 15.1. The van der Waals surface area contributed by atoms with Gasteiger partial charge >= 0.3 is 5.97 Å². The molecule has 2 rings (SSSR count). The average Bonchev–Trinajstić information content (AvgIpc) is 2.52. The Balaban J connectivity index is 2.15. The fraction of sp³-hybridized carbons (Fsp3) is 0.375. The van der Waals surface area contributed by atoms with Crippen molar-refractivity contribution < 1.29 is 19.4 Å². The summed E-state index contributed by atoms with van der Waals surface area (Å²) < 4.78 is 5.49. The lowest BCUT2D eigenvalue weighted by Crippen LogP contribution is -2.42. The lowest BCUT2D eigenvalue weighted by Gasteiger charge is -2.31. The highest BCUT2D eigenvalue weighted by Crippen LogP contribution is 2.23. The number of carbonyl (C=O) groups is 2. The van der Waals surface area contributed by atoms with Gasteiger partial charge in [-0.25, -0.2) is 0 Å². The lowest BCUT2D eigenvalue weighted by molar-refractivity contribution is -0.143. The molecular weight excluding hydrogens is 270 g/mol. The van der Waals surface area contributed by atoms with E-state index in [-0.39, 0.29) is 12.5 Å². The van der Waals surface area contributed by atoms with Crippen molar-refractivity contribution in [2.75, 3.05) is 19.7 Å². The molecule has 0 aromatic heterocycles. The number of nitrogens with zero attached hydrogens (tertiary/aromatic N) is 1. The zero-order valence-corrected chi connectivity index (χ0v) is 11.8. The fourth-order valence-electron chi connectivity index (χ4n) is 2.45. The van der Waals surface area contributed by atoms with Crippen LogP contribution in [0.3, 0.4) is 0 Å². The number of piperidine rings is 1. The molecule has 0 spiro atoms. The summed E-state index contributed by atoms with van der Waals surface area (Å²) in [5, 5.41) is 9.11. The van der Waals surface area contributed by atoms with Crippen molar-refractivity contribution >= 4 is 11.9 Å². The third-order valence-electron chi connectivity index (χ3n) is 3.53. The number of rotatable bonds is 5. The van der Waals surface area contributed by atoms with Crippen LogP contribution < -0.4 is 4.74 Å². The van der Waals surface area contributed by atoms with Crippen molar-refractivity contribution in [3.63, 3.8) is 0 Å². The zero-order chi connectivity index (χ0) is 15.2. The Hall–Kier alpha value is -2.30. The van der Waals surface area contributed by atoms with E-state index in [0.29, 0.717) is 37.3 Å². The van der Waals surface area contributed by atoms with Crippen molar-refractivity contribution in [1.82, 2.24) is 4.90 Å². The molecule has 0 saturated carbocycles. The smallest absolute Gasteiger partial charge is 0.308 e. The summed E-state index contributed by atoms with van der Waals surface area (Å²) in [5.74, 6) is -1.01. The molecule has 0 aliphatic carbocycles. The first-order chi connectivity index (χ1) is 10.1. The van der Waals surface area contributed by atoms with Gasteiger partial charge < -0.3 is 14.7 Å². The van der Waals surface area contributed by atoms with Gasteiger partial charge in [0, 0.05) is 13.1 Å². The quantitative estimate of drug-likeness (QED) is 0.844. The Labute approximate surface area is 123 Å². The molecule has 5 nitrogen and oxygen atoms in total. The van der Waals surface area contributed by atoms with Crippen LogP contribution in [0.5, 0.6) is 5.75 Å². The van der Waals surface area contributed by atoms with Gasteiger partial charge in [-0.05, 0) is 25.0 Å².